The maximum atomic E-state index is 3.78. The highest BCUT2D eigenvalue weighted by Crippen LogP contribution is 2.29. The lowest BCUT2D eigenvalue weighted by atomic mass is 9.95. The van der Waals surface area contributed by atoms with E-state index < -0.39 is 0 Å². The van der Waals surface area contributed by atoms with Crippen molar-refractivity contribution in [3.63, 3.8) is 0 Å². The maximum absolute atomic E-state index is 3.78. The van der Waals surface area contributed by atoms with Gasteiger partial charge in [-0.25, -0.2) is 0 Å². The molecular formula is C18H37N. The highest BCUT2D eigenvalue weighted by molar-refractivity contribution is 4.73. The zero-order chi connectivity index (χ0) is 13.8. The first-order chi connectivity index (χ1) is 9.36. The summed E-state index contributed by atoms with van der Waals surface area (Å²) < 4.78 is 0. The van der Waals surface area contributed by atoms with Gasteiger partial charge in [-0.3, -0.25) is 0 Å². The largest absolute Gasteiger partial charge is 0.314 e. The Labute approximate surface area is 121 Å². The second-order valence-corrected chi connectivity index (χ2v) is 6.58. The van der Waals surface area contributed by atoms with Gasteiger partial charge in [0.2, 0.25) is 0 Å². The lowest BCUT2D eigenvalue weighted by molar-refractivity contribution is 0.379. The molecule has 0 heterocycles. The molecule has 0 aliphatic heterocycles. The Morgan fingerprint density at radius 1 is 0.895 bits per heavy atom. The van der Waals surface area contributed by atoms with Crippen molar-refractivity contribution in [1.29, 1.82) is 0 Å². The lowest BCUT2D eigenvalue weighted by Gasteiger charge is -2.20. The first-order valence-corrected chi connectivity index (χ1v) is 9.10. The molecule has 114 valence electrons. The van der Waals surface area contributed by atoms with E-state index in [2.05, 4.69) is 19.2 Å². The monoisotopic (exact) mass is 267 g/mol. The Bertz CT molecular complexity index is 184. The molecule has 0 bridgehead atoms. The van der Waals surface area contributed by atoms with Crippen LogP contribution >= 0.6 is 0 Å². The van der Waals surface area contributed by atoms with Gasteiger partial charge in [-0.2, -0.15) is 0 Å². The molecule has 1 aliphatic carbocycles. The summed E-state index contributed by atoms with van der Waals surface area (Å²) in [6.07, 6.45) is 18.7. The Hall–Kier alpha value is -0.0400. The van der Waals surface area contributed by atoms with Crippen LogP contribution in [-0.4, -0.2) is 12.6 Å². The van der Waals surface area contributed by atoms with Gasteiger partial charge in [0.05, 0.1) is 0 Å². The van der Waals surface area contributed by atoms with E-state index in [0.717, 1.165) is 12.0 Å². The molecule has 0 spiro atoms. The van der Waals surface area contributed by atoms with Crippen LogP contribution in [0.2, 0.25) is 0 Å². The van der Waals surface area contributed by atoms with Crippen LogP contribution in [0.5, 0.6) is 0 Å². The van der Waals surface area contributed by atoms with Crippen LogP contribution in [0.1, 0.15) is 97.3 Å². The van der Waals surface area contributed by atoms with Crippen molar-refractivity contribution < 1.29 is 0 Å². The minimum atomic E-state index is 0.808. The molecule has 0 aromatic heterocycles. The Morgan fingerprint density at radius 3 is 2.32 bits per heavy atom. The molecule has 1 unspecified atom stereocenters. The average molecular weight is 268 g/mol. The molecule has 1 atom stereocenters. The fourth-order valence-electron chi connectivity index (χ4n) is 3.43. The molecule has 0 aromatic rings. The number of unbranched alkanes of at least 4 members (excludes halogenated alkanes) is 4. The van der Waals surface area contributed by atoms with Gasteiger partial charge in [-0.1, -0.05) is 71.6 Å². The SMILES string of the molecule is CCCCCCCC(CCC1CCCC1)NCCC. The molecule has 1 N–H and O–H groups in total. The zero-order valence-corrected chi connectivity index (χ0v) is 13.6. The predicted octanol–water partition coefficient (Wildman–Crippen LogP) is 5.69. The van der Waals surface area contributed by atoms with E-state index in [1.807, 2.05) is 0 Å². The molecule has 0 aromatic carbocycles. The number of hydrogen-bond acceptors (Lipinski definition) is 1. The minimum Gasteiger partial charge on any atom is -0.314 e. The third-order valence-electron chi connectivity index (χ3n) is 4.74. The van der Waals surface area contributed by atoms with Gasteiger partial charge in [0.25, 0.3) is 0 Å². The fraction of sp³-hybridized carbons (Fsp3) is 1.00. The summed E-state index contributed by atoms with van der Waals surface area (Å²) in [6, 6.07) is 0.808. The summed E-state index contributed by atoms with van der Waals surface area (Å²) in [5.74, 6) is 1.06. The quantitative estimate of drug-likeness (QED) is 0.448. The Kier molecular flexibility index (Phi) is 10.5. The molecule has 1 saturated carbocycles. The Balaban J connectivity index is 2.10. The smallest absolute Gasteiger partial charge is 0.00671 e. The van der Waals surface area contributed by atoms with Gasteiger partial charge in [0, 0.05) is 6.04 Å². The maximum Gasteiger partial charge on any atom is 0.00671 e. The second kappa shape index (κ2) is 11.8. The van der Waals surface area contributed by atoms with Gasteiger partial charge < -0.3 is 5.32 Å². The number of rotatable bonds is 12. The molecule has 0 radical (unpaired) electrons. The highest BCUT2D eigenvalue weighted by atomic mass is 14.9. The van der Waals surface area contributed by atoms with E-state index in [-0.39, 0.29) is 0 Å². The third-order valence-corrected chi connectivity index (χ3v) is 4.74. The molecule has 1 rings (SSSR count). The van der Waals surface area contributed by atoms with Crippen molar-refractivity contribution in [3.05, 3.63) is 0 Å². The van der Waals surface area contributed by atoms with Crippen LogP contribution < -0.4 is 5.32 Å². The summed E-state index contributed by atoms with van der Waals surface area (Å²) in [4.78, 5) is 0. The van der Waals surface area contributed by atoms with Crippen LogP contribution in [0.3, 0.4) is 0 Å². The van der Waals surface area contributed by atoms with Gasteiger partial charge in [-0.15, -0.1) is 0 Å². The molecule has 0 saturated heterocycles. The van der Waals surface area contributed by atoms with Crippen molar-refractivity contribution >= 4 is 0 Å². The Morgan fingerprint density at radius 2 is 1.63 bits per heavy atom. The highest BCUT2D eigenvalue weighted by Gasteiger charge is 2.16. The second-order valence-electron chi connectivity index (χ2n) is 6.58. The van der Waals surface area contributed by atoms with Crippen LogP contribution in [0.15, 0.2) is 0 Å². The fourth-order valence-corrected chi connectivity index (χ4v) is 3.43. The topological polar surface area (TPSA) is 12.0 Å². The third kappa shape index (κ3) is 8.68. The van der Waals surface area contributed by atoms with Crippen molar-refractivity contribution in [2.24, 2.45) is 5.92 Å². The van der Waals surface area contributed by atoms with Crippen molar-refractivity contribution in [2.45, 2.75) is 103 Å². The van der Waals surface area contributed by atoms with Crippen molar-refractivity contribution in [2.75, 3.05) is 6.54 Å². The molecule has 1 nitrogen and oxygen atoms in total. The molecule has 1 heteroatoms. The van der Waals surface area contributed by atoms with Crippen LogP contribution in [0, 0.1) is 5.92 Å². The standard InChI is InChI=1S/C18H37N/c1-3-5-6-7-8-13-18(19-16-4-2)15-14-17-11-9-10-12-17/h17-19H,3-16H2,1-2H3. The van der Waals surface area contributed by atoms with Crippen LogP contribution in [-0.2, 0) is 0 Å². The van der Waals surface area contributed by atoms with E-state index in [1.165, 1.54) is 90.0 Å². The van der Waals surface area contributed by atoms with Gasteiger partial charge in [0.1, 0.15) is 0 Å². The van der Waals surface area contributed by atoms with Gasteiger partial charge in [0.15, 0.2) is 0 Å². The average Bonchev–Trinajstić information content (AvgIpc) is 2.94. The van der Waals surface area contributed by atoms with E-state index >= 15 is 0 Å². The predicted molar refractivity (Wildman–Crippen MR) is 86.6 cm³/mol. The lowest BCUT2D eigenvalue weighted by Crippen LogP contribution is -2.30. The normalized spacial score (nSPS) is 18.0. The summed E-state index contributed by atoms with van der Waals surface area (Å²) in [5, 5.41) is 3.78. The van der Waals surface area contributed by atoms with E-state index in [9.17, 15) is 0 Å². The molecule has 0 amide bonds. The zero-order valence-electron chi connectivity index (χ0n) is 13.6. The van der Waals surface area contributed by atoms with E-state index in [0.29, 0.717) is 0 Å². The van der Waals surface area contributed by atoms with Gasteiger partial charge in [-0.05, 0) is 38.1 Å². The van der Waals surface area contributed by atoms with E-state index in [1.54, 1.807) is 0 Å². The number of nitrogens with one attached hydrogen (secondary N) is 1. The molecule has 19 heavy (non-hydrogen) atoms. The van der Waals surface area contributed by atoms with Gasteiger partial charge >= 0.3 is 0 Å². The summed E-state index contributed by atoms with van der Waals surface area (Å²) >= 11 is 0. The van der Waals surface area contributed by atoms with Crippen molar-refractivity contribution in [1.82, 2.24) is 5.32 Å². The minimum absolute atomic E-state index is 0.808. The first kappa shape index (κ1) is 17.0. The molecular weight excluding hydrogens is 230 g/mol. The van der Waals surface area contributed by atoms with Crippen LogP contribution in [0.25, 0.3) is 0 Å². The number of hydrogen-bond donors (Lipinski definition) is 1. The molecule has 1 fully saturated rings. The first-order valence-electron chi connectivity index (χ1n) is 9.10. The molecule has 1 aliphatic rings. The van der Waals surface area contributed by atoms with Crippen molar-refractivity contribution in [3.8, 4) is 0 Å². The summed E-state index contributed by atoms with van der Waals surface area (Å²) in [7, 11) is 0. The van der Waals surface area contributed by atoms with Crippen LogP contribution in [0.4, 0.5) is 0 Å². The summed E-state index contributed by atoms with van der Waals surface area (Å²) in [6.45, 7) is 5.79. The van der Waals surface area contributed by atoms with E-state index in [4.69, 9.17) is 0 Å². The summed E-state index contributed by atoms with van der Waals surface area (Å²) in [5.41, 5.74) is 0.